The summed E-state index contributed by atoms with van der Waals surface area (Å²) in [6.07, 6.45) is -0.699. The summed E-state index contributed by atoms with van der Waals surface area (Å²) in [7, 11) is 0. The number of hydrogen-bond acceptors (Lipinski definition) is 6. The minimum absolute atomic E-state index is 0.180. The van der Waals surface area contributed by atoms with Crippen LogP contribution < -0.4 is 16.0 Å². The summed E-state index contributed by atoms with van der Waals surface area (Å²) in [5, 5.41) is 21.8. The molecule has 2 heterocycles. The molecule has 0 spiro atoms. The van der Waals surface area contributed by atoms with Gasteiger partial charge in [-0.3, -0.25) is 14.4 Å². The Morgan fingerprint density at radius 3 is 2.48 bits per heavy atom. The number of anilines is 2. The van der Waals surface area contributed by atoms with Crippen molar-refractivity contribution >= 4 is 51.8 Å². The third-order valence-electron chi connectivity index (χ3n) is 3.88. The average molecular weight is 430 g/mol. The normalized spacial score (nSPS) is 11.5. The number of rotatable bonds is 6. The number of aliphatic hydroxyl groups excluding tert-OH is 1. The lowest BCUT2D eigenvalue weighted by atomic mass is 10.2. The maximum absolute atomic E-state index is 12.1. The maximum atomic E-state index is 12.1. The molecule has 0 bridgehead atoms. The Kier molecular flexibility index (Phi) is 6.76. The molecule has 0 aliphatic heterocycles. The van der Waals surface area contributed by atoms with E-state index in [2.05, 4.69) is 16.0 Å². The van der Waals surface area contributed by atoms with E-state index in [4.69, 9.17) is 0 Å². The van der Waals surface area contributed by atoms with Crippen molar-refractivity contribution < 1.29 is 19.5 Å². The zero-order valence-corrected chi connectivity index (χ0v) is 17.1. The fraction of sp³-hybridized carbons (Fsp3) is 0.150. The van der Waals surface area contributed by atoms with E-state index < -0.39 is 17.9 Å². The van der Waals surface area contributed by atoms with Crippen molar-refractivity contribution in [1.82, 2.24) is 5.32 Å². The number of carbonyl (C=O) groups excluding carboxylic acids is 3. The summed E-state index contributed by atoms with van der Waals surface area (Å²) in [6.45, 7) is 1.56. The molecule has 7 nitrogen and oxygen atoms in total. The third-order valence-corrected chi connectivity index (χ3v) is 5.72. The number of hydrogen-bond donors (Lipinski definition) is 4. The Balaban J connectivity index is 1.53. The van der Waals surface area contributed by atoms with Crippen molar-refractivity contribution in [2.75, 3.05) is 10.6 Å². The molecule has 1 atom stereocenters. The highest BCUT2D eigenvalue weighted by Gasteiger charge is 2.16. The fourth-order valence-corrected chi connectivity index (χ4v) is 4.19. The van der Waals surface area contributed by atoms with Crippen LogP contribution in [0.3, 0.4) is 0 Å². The smallest absolute Gasteiger partial charge is 0.313 e. The SMILES string of the molecule is CC(=O)Nc1cccc(NC(=O)C(=O)NCc2ccc(C(O)c3ccsc3)s2)c1. The first-order chi connectivity index (χ1) is 13.9. The summed E-state index contributed by atoms with van der Waals surface area (Å²) in [5.41, 5.74) is 1.74. The van der Waals surface area contributed by atoms with E-state index in [1.165, 1.54) is 29.6 Å². The van der Waals surface area contributed by atoms with Gasteiger partial charge in [0.1, 0.15) is 6.10 Å². The van der Waals surface area contributed by atoms with E-state index in [-0.39, 0.29) is 12.5 Å². The second-order valence-corrected chi connectivity index (χ2v) is 8.14. The van der Waals surface area contributed by atoms with Crippen LogP contribution in [0.1, 0.15) is 28.3 Å². The number of thiophene rings is 2. The molecule has 2 aromatic heterocycles. The third kappa shape index (κ3) is 5.74. The lowest BCUT2D eigenvalue weighted by Crippen LogP contribution is -2.34. The van der Waals surface area contributed by atoms with E-state index in [0.29, 0.717) is 11.4 Å². The Morgan fingerprint density at radius 2 is 1.79 bits per heavy atom. The highest BCUT2D eigenvalue weighted by Crippen LogP contribution is 2.29. The zero-order chi connectivity index (χ0) is 20.8. The quantitative estimate of drug-likeness (QED) is 0.452. The molecule has 3 rings (SSSR count). The molecule has 150 valence electrons. The van der Waals surface area contributed by atoms with Crippen molar-refractivity contribution in [1.29, 1.82) is 0 Å². The predicted molar refractivity (Wildman–Crippen MR) is 114 cm³/mol. The van der Waals surface area contributed by atoms with E-state index >= 15 is 0 Å². The van der Waals surface area contributed by atoms with Gasteiger partial charge in [0.2, 0.25) is 5.91 Å². The Morgan fingerprint density at radius 1 is 1.03 bits per heavy atom. The first-order valence-corrected chi connectivity index (χ1v) is 10.4. The molecule has 0 aliphatic rings. The van der Waals surface area contributed by atoms with Crippen LogP contribution in [0.2, 0.25) is 0 Å². The Bertz CT molecular complexity index is 1010. The van der Waals surface area contributed by atoms with Gasteiger partial charge >= 0.3 is 11.8 Å². The molecule has 4 N–H and O–H groups in total. The summed E-state index contributed by atoms with van der Waals surface area (Å²) < 4.78 is 0. The lowest BCUT2D eigenvalue weighted by Gasteiger charge is -2.08. The van der Waals surface area contributed by atoms with Crippen LogP contribution in [-0.4, -0.2) is 22.8 Å². The van der Waals surface area contributed by atoms with Crippen LogP contribution in [0.4, 0.5) is 11.4 Å². The molecule has 9 heteroatoms. The van der Waals surface area contributed by atoms with Crippen LogP contribution in [0, 0.1) is 0 Å². The van der Waals surface area contributed by atoms with Gasteiger partial charge in [-0.05, 0) is 52.7 Å². The van der Waals surface area contributed by atoms with Gasteiger partial charge in [-0.1, -0.05) is 6.07 Å². The van der Waals surface area contributed by atoms with Gasteiger partial charge < -0.3 is 21.1 Å². The monoisotopic (exact) mass is 429 g/mol. The summed E-state index contributed by atoms with van der Waals surface area (Å²) >= 11 is 2.89. The first-order valence-electron chi connectivity index (χ1n) is 8.68. The van der Waals surface area contributed by atoms with Gasteiger partial charge in [0, 0.05) is 28.1 Å². The standard InChI is InChI=1S/C20H19N3O4S2/c1-12(24)22-14-3-2-4-15(9-14)23-20(27)19(26)21-10-16-5-6-17(29-16)18(25)13-7-8-28-11-13/h2-9,11,18,25H,10H2,1H3,(H,21,26)(H,22,24)(H,23,27). The molecular weight excluding hydrogens is 410 g/mol. The van der Waals surface area contributed by atoms with Crippen LogP contribution in [-0.2, 0) is 20.9 Å². The fourth-order valence-electron chi connectivity index (χ4n) is 2.54. The molecule has 0 saturated heterocycles. The largest absolute Gasteiger partial charge is 0.383 e. The molecular formula is C20H19N3O4S2. The van der Waals surface area contributed by atoms with E-state index in [1.807, 2.05) is 29.0 Å². The van der Waals surface area contributed by atoms with Gasteiger partial charge in [0.15, 0.2) is 0 Å². The molecule has 29 heavy (non-hydrogen) atoms. The highest BCUT2D eigenvalue weighted by molar-refractivity contribution is 7.12. The van der Waals surface area contributed by atoms with Gasteiger partial charge in [-0.25, -0.2) is 0 Å². The Hall–Kier alpha value is -3.01. The number of carbonyl (C=O) groups is 3. The second kappa shape index (κ2) is 9.46. The summed E-state index contributed by atoms with van der Waals surface area (Å²) in [4.78, 5) is 36.9. The highest BCUT2D eigenvalue weighted by atomic mass is 32.1. The minimum atomic E-state index is -0.805. The van der Waals surface area contributed by atoms with Crippen LogP contribution in [0.5, 0.6) is 0 Å². The average Bonchev–Trinajstić information content (AvgIpc) is 3.37. The molecule has 0 aliphatic carbocycles. The molecule has 0 radical (unpaired) electrons. The van der Waals surface area contributed by atoms with E-state index in [1.54, 1.807) is 24.3 Å². The van der Waals surface area contributed by atoms with Gasteiger partial charge in [-0.15, -0.1) is 11.3 Å². The molecule has 0 saturated carbocycles. The van der Waals surface area contributed by atoms with Crippen molar-refractivity contribution in [3.05, 3.63) is 68.5 Å². The number of benzene rings is 1. The van der Waals surface area contributed by atoms with Crippen molar-refractivity contribution in [3.8, 4) is 0 Å². The first kappa shape index (κ1) is 20.7. The minimum Gasteiger partial charge on any atom is -0.383 e. The maximum Gasteiger partial charge on any atom is 0.313 e. The van der Waals surface area contributed by atoms with Crippen molar-refractivity contribution in [2.45, 2.75) is 19.6 Å². The Labute approximate surface area is 175 Å². The van der Waals surface area contributed by atoms with Crippen LogP contribution in [0.15, 0.2) is 53.2 Å². The van der Waals surface area contributed by atoms with Crippen LogP contribution >= 0.6 is 22.7 Å². The zero-order valence-electron chi connectivity index (χ0n) is 15.5. The van der Waals surface area contributed by atoms with Crippen molar-refractivity contribution in [2.24, 2.45) is 0 Å². The predicted octanol–water partition coefficient (Wildman–Crippen LogP) is 3.10. The summed E-state index contributed by atoms with van der Waals surface area (Å²) in [6, 6.07) is 12.0. The van der Waals surface area contributed by atoms with Gasteiger partial charge in [0.05, 0.1) is 6.54 Å². The van der Waals surface area contributed by atoms with Gasteiger partial charge in [-0.2, -0.15) is 11.3 Å². The lowest BCUT2D eigenvalue weighted by molar-refractivity contribution is -0.136. The van der Waals surface area contributed by atoms with Crippen molar-refractivity contribution in [3.63, 3.8) is 0 Å². The molecule has 1 unspecified atom stereocenters. The molecule has 3 amide bonds. The van der Waals surface area contributed by atoms with Gasteiger partial charge in [0.25, 0.3) is 0 Å². The molecule has 3 aromatic rings. The van der Waals surface area contributed by atoms with Crippen LogP contribution in [0.25, 0.3) is 0 Å². The summed E-state index contributed by atoms with van der Waals surface area (Å²) in [5.74, 6) is -1.81. The number of amides is 3. The molecule has 0 fully saturated rings. The molecule has 1 aromatic carbocycles. The topological polar surface area (TPSA) is 108 Å². The number of aliphatic hydroxyl groups is 1. The second-order valence-electron chi connectivity index (χ2n) is 6.16. The van der Waals surface area contributed by atoms with E-state index in [9.17, 15) is 19.5 Å². The number of nitrogens with one attached hydrogen (secondary N) is 3. The van der Waals surface area contributed by atoms with E-state index in [0.717, 1.165) is 15.3 Å².